The largest absolute Gasteiger partial charge is 0.313 e. The second kappa shape index (κ2) is 5.72. The van der Waals surface area contributed by atoms with Gasteiger partial charge in [-0.2, -0.15) is 5.10 Å². The number of hydrogen-bond donors (Lipinski definition) is 1. The van der Waals surface area contributed by atoms with Gasteiger partial charge in [-0.3, -0.25) is 15.5 Å². The molecule has 6 heteroatoms. The van der Waals surface area contributed by atoms with Crippen molar-refractivity contribution in [3.8, 4) is 0 Å². The van der Waals surface area contributed by atoms with E-state index >= 15 is 0 Å². The third-order valence-corrected chi connectivity index (χ3v) is 2.55. The van der Waals surface area contributed by atoms with Crippen molar-refractivity contribution in [2.75, 3.05) is 5.43 Å². The van der Waals surface area contributed by atoms with Gasteiger partial charge in [-0.05, 0) is 24.1 Å². The van der Waals surface area contributed by atoms with E-state index in [-0.39, 0.29) is 11.5 Å². The smallest absolute Gasteiger partial charge is 0.258 e. The lowest BCUT2D eigenvalue weighted by Crippen LogP contribution is -1.99. The van der Waals surface area contributed by atoms with Crippen LogP contribution in [0.15, 0.2) is 47.7 Å². The molecule has 0 aliphatic heterocycles. The average Bonchev–Trinajstić information content (AvgIpc) is 2.41. The minimum Gasteiger partial charge on any atom is -0.258 e. The van der Waals surface area contributed by atoms with E-state index < -0.39 is 4.92 Å². The van der Waals surface area contributed by atoms with E-state index in [1.54, 1.807) is 6.21 Å². The molecule has 0 aliphatic carbocycles. The Labute approximate surface area is 110 Å². The van der Waals surface area contributed by atoms with Crippen LogP contribution in [0, 0.1) is 17.0 Å². The minimum absolute atomic E-state index is 0.107. The maximum absolute atomic E-state index is 10.8. The van der Waals surface area contributed by atoms with Gasteiger partial charge in [0.15, 0.2) is 0 Å². The summed E-state index contributed by atoms with van der Waals surface area (Å²) >= 11 is 0. The number of nitrogens with zero attached hydrogens (tertiary/aromatic N) is 3. The number of anilines is 1. The second-order valence-corrected chi connectivity index (χ2v) is 3.85. The van der Waals surface area contributed by atoms with E-state index in [0.29, 0.717) is 0 Å². The normalized spacial score (nSPS) is 10.6. The Kier molecular flexibility index (Phi) is 3.82. The molecule has 0 saturated carbocycles. The van der Waals surface area contributed by atoms with Crippen molar-refractivity contribution in [2.24, 2.45) is 5.10 Å². The van der Waals surface area contributed by atoms with Gasteiger partial charge in [0.2, 0.25) is 5.82 Å². The first kappa shape index (κ1) is 12.7. The fraction of sp³-hybridized carbons (Fsp3) is 0.0769. The molecular formula is C13H12N4O2. The van der Waals surface area contributed by atoms with E-state index in [1.165, 1.54) is 18.3 Å². The molecule has 0 unspecified atom stereocenters. The highest BCUT2D eigenvalue weighted by Gasteiger charge is 2.12. The highest BCUT2D eigenvalue weighted by molar-refractivity contribution is 5.82. The van der Waals surface area contributed by atoms with E-state index in [2.05, 4.69) is 15.5 Å². The number of aromatic nitrogens is 1. The number of pyridine rings is 1. The van der Waals surface area contributed by atoms with Crippen LogP contribution in [0.4, 0.5) is 11.5 Å². The Hall–Kier alpha value is -2.76. The van der Waals surface area contributed by atoms with Crippen LogP contribution in [0.5, 0.6) is 0 Å². The SMILES string of the molecule is Cc1ccccc1/C=N\Nc1ncccc1[N+](=O)[O-]. The molecule has 1 heterocycles. The molecule has 1 aromatic carbocycles. The lowest BCUT2D eigenvalue weighted by Gasteiger charge is -2.01. The average molecular weight is 256 g/mol. The predicted octanol–water partition coefficient (Wildman–Crippen LogP) is 2.74. The van der Waals surface area contributed by atoms with Crippen LogP contribution >= 0.6 is 0 Å². The number of rotatable bonds is 4. The first-order valence-electron chi connectivity index (χ1n) is 5.62. The summed E-state index contributed by atoms with van der Waals surface area (Å²) in [5, 5.41) is 14.8. The van der Waals surface area contributed by atoms with Crippen LogP contribution in [0.3, 0.4) is 0 Å². The summed E-state index contributed by atoms with van der Waals surface area (Å²) in [7, 11) is 0. The van der Waals surface area contributed by atoms with Crippen molar-refractivity contribution in [3.05, 3.63) is 63.8 Å². The summed E-state index contributed by atoms with van der Waals surface area (Å²) in [5.41, 5.74) is 4.49. The van der Waals surface area contributed by atoms with E-state index in [4.69, 9.17) is 0 Å². The number of nitro groups is 1. The number of hydrazone groups is 1. The van der Waals surface area contributed by atoms with Crippen LogP contribution in [-0.2, 0) is 0 Å². The van der Waals surface area contributed by atoms with E-state index in [1.807, 2.05) is 31.2 Å². The zero-order valence-electron chi connectivity index (χ0n) is 10.3. The maximum atomic E-state index is 10.8. The van der Waals surface area contributed by atoms with E-state index in [9.17, 15) is 10.1 Å². The standard InChI is InChI=1S/C13H12N4O2/c1-10-5-2-3-6-11(10)9-15-16-13-12(17(18)19)7-4-8-14-13/h2-9H,1H3,(H,14,16)/b15-9-. The third kappa shape index (κ3) is 3.12. The predicted molar refractivity (Wildman–Crippen MR) is 73.3 cm³/mol. The summed E-state index contributed by atoms with van der Waals surface area (Å²) in [6.45, 7) is 1.96. The molecule has 1 N–H and O–H groups in total. The minimum atomic E-state index is -0.501. The fourth-order valence-corrected chi connectivity index (χ4v) is 1.52. The van der Waals surface area contributed by atoms with Crippen LogP contribution in [0.25, 0.3) is 0 Å². The molecule has 6 nitrogen and oxygen atoms in total. The van der Waals surface area contributed by atoms with Crippen LogP contribution in [-0.4, -0.2) is 16.1 Å². The molecule has 96 valence electrons. The Morgan fingerprint density at radius 2 is 2.11 bits per heavy atom. The molecule has 0 bridgehead atoms. The lowest BCUT2D eigenvalue weighted by atomic mass is 10.1. The van der Waals surface area contributed by atoms with Crippen LogP contribution < -0.4 is 5.43 Å². The van der Waals surface area contributed by atoms with Gasteiger partial charge in [-0.25, -0.2) is 4.98 Å². The molecule has 1 aromatic heterocycles. The van der Waals surface area contributed by atoms with Crippen LogP contribution in [0.1, 0.15) is 11.1 Å². The van der Waals surface area contributed by atoms with E-state index in [0.717, 1.165) is 11.1 Å². The van der Waals surface area contributed by atoms with Crippen molar-refractivity contribution < 1.29 is 4.92 Å². The maximum Gasteiger partial charge on any atom is 0.313 e. The summed E-state index contributed by atoms with van der Waals surface area (Å²) in [5.74, 6) is 0.123. The van der Waals surface area contributed by atoms with Crippen LogP contribution in [0.2, 0.25) is 0 Å². The molecule has 0 fully saturated rings. The second-order valence-electron chi connectivity index (χ2n) is 3.85. The molecule has 19 heavy (non-hydrogen) atoms. The van der Waals surface area contributed by atoms with Gasteiger partial charge in [0, 0.05) is 12.3 Å². The number of nitrogens with one attached hydrogen (secondary N) is 1. The van der Waals surface area contributed by atoms with Gasteiger partial charge in [-0.1, -0.05) is 24.3 Å². The van der Waals surface area contributed by atoms with Gasteiger partial charge in [0.05, 0.1) is 11.1 Å². The highest BCUT2D eigenvalue weighted by atomic mass is 16.6. The summed E-state index contributed by atoms with van der Waals surface area (Å²) in [6.07, 6.45) is 3.08. The quantitative estimate of drug-likeness (QED) is 0.518. The Balaban J connectivity index is 2.15. The van der Waals surface area contributed by atoms with Gasteiger partial charge < -0.3 is 0 Å². The van der Waals surface area contributed by atoms with Crippen molar-refractivity contribution in [1.82, 2.24) is 4.98 Å². The molecule has 2 aromatic rings. The Morgan fingerprint density at radius 1 is 1.32 bits per heavy atom. The monoisotopic (exact) mass is 256 g/mol. The number of aryl methyl sites for hydroxylation is 1. The number of hydrogen-bond acceptors (Lipinski definition) is 5. The molecule has 0 amide bonds. The van der Waals surface area contributed by atoms with Gasteiger partial charge in [0.1, 0.15) is 0 Å². The highest BCUT2D eigenvalue weighted by Crippen LogP contribution is 2.19. The summed E-state index contributed by atoms with van der Waals surface area (Å²) in [6, 6.07) is 10.6. The van der Waals surface area contributed by atoms with Crippen molar-refractivity contribution >= 4 is 17.7 Å². The topological polar surface area (TPSA) is 80.4 Å². The zero-order chi connectivity index (χ0) is 13.7. The number of benzene rings is 1. The van der Waals surface area contributed by atoms with Gasteiger partial charge in [-0.15, -0.1) is 0 Å². The van der Waals surface area contributed by atoms with Gasteiger partial charge >= 0.3 is 5.69 Å². The van der Waals surface area contributed by atoms with Gasteiger partial charge in [0.25, 0.3) is 0 Å². The molecule has 2 rings (SSSR count). The lowest BCUT2D eigenvalue weighted by molar-refractivity contribution is -0.384. The first-order chi connectivity index (χ1) is 9.18. The molecule has 0 saturated heterocycles. The summed E-state index contributed by atoms with van der Waals surface area (Å²) < 4.78 is 0. The van der Waals surface area contributed by atoms with Crippen molar-refractivity contribution in [2.45, 2.75) is 6.92 Å². The zero-order valence-corrected chi connectivity index (χ0v) is 10.3. The first-order valence-corrected chi connectivity index (χ1v) is 5.62. The van der Waals surface area contributed by atoms with Crippen molar-refractivity contribution in [1.29, 1.82) is 0 Å². The third-order valence-electron chi connectivity index (χ3n) is 2.55. The molecule has 0 radical (unpaired) electrons. The molecule has 0 atom stereocenters. The molecule has 0 spiro atoms. The molecular weight excluding hydrogens is 244 g/mol. The van der Waals surface area contributed by atoms with Crippen molar-refractivity contribution in [3.63, 3.8) is 0 Å². The Morgan fingerprint density at radius 3 is 2.84 bits per heavy atom. The fourth-order valence-electron chi connectivity index (χ4n) is 1.52. The Bertz CT molecular complexity index is 626. The molecule has 0 aliphatic rings. The summed E-state index contributed by atoms with van der Waals surface area (Å²) in [4.78, 5) is 14.2.